The van der Waals surface area contributed by atoms with Gasteiger partial charge in [0.15, 0.2) is 11.5 Å². The zero-order valence-electron chi connectivity index (χ0n) is 40.7. The topological polar surface area (TPSA) is 172 Å². The summed E-state index contributed by atoms with van der Waals surface area (Å²) in [4.78, 5) is 73.8. The molecule has 3 aromatic rings. The maximum atomic E-state index is 13.3. The van der Waals surface area contributed by atoms with Gasteiger partial charge in [-0.2, -0.15) is 0 Å². The van der Waals surface area contributed by atoms with Crippen LogP contribution in [0.25, 0.3) is 0 Å². The summed E-state index contributed by atoms with van der Waals surface area (Å²) in [6.07, 6.45) is 5.73. The van der Waals surface area contributed by atoms with Crippen LogP contribution in [0.2, 0.25) is 0 Å². The molecule has 4 heterocycles. The summed E-state index contributed by atoms with van der Waals surface area (Å²) in [6.45, 7) is 12.8. The molecule has 2 N–H and O–H groups in total. The van der Waals surface area contributed by atoms with Crippen molar-refractivity contribution < 1.29 is 47.7 Å². The van der Waals surface area contributed by atoms with Gasteiger partial charge < -0.3 is 43.7 Å². The molecule has 69 heavy (non-hydrogen) atoms. The number of amides is 5. The van der Waals surface area contributed by atoms with Crippen molar-refractivity contribution in [1.29, 1.82) is 0 Å². The summed E-state index contributed by atoms with van der Waals surface area (Å²) >= 11 is 0. The maximum absolute atomic E-state index is 13.3. The molecular formula is C52H69N7O10. The number of carbonyl (C=O) groups excluding carboxylic acids is 5. The van der Waals surface area contributed by atoms with Crippen molar-refractivity contribution in [3.05, 3.63) is 76.9 Å². The van der Waals surface area contributed by atoms with Crippen LogP contribution in [0, 0.1) is 5.92 Å². The van der Waals surface area contributed by atoms with Crippen molar-refractivity contribution in [1.82, 2.24) is 20.0 Å². The van der Waals surface area contributed by atoms with E-state index in [1.165, 1.54) is 36.3 Å². The molecule has 1 aliphatic carbocycles. The minimum absolute atomic E-state index is 0.0194. The van der Waals surface area contributed by atoms with Crippen LogP contribution in [0.15, 0.2) is 54.6 Å². The van der Waals surface area contributed by atoms with E-state index in [0.29, 0.717) is 79.7 Å². The number of rotatable bonds is 21. The van der Waals surface area contributed by atoms with Gasteiger partial charge in [-0.05, 0) is 112 Å². The summed E-state index contributed by atoms with van der Waals surface area (Å²) in [5, 5.41) is 5.13. The van der Waals surface area contributed by atoms with Crippen LogP contribution >= 0.6 is 0 Å². The van der Waals surface area contributed by atoms with E-state index in [-0.39, 0.29) is 62.3 Å². The average molecular weight is 952 g/mol. The Hall–Kier alpha value is -5.59. The summed E-state index contributed by atoms with van der Waals surface area (Å²) in [7, 11) is 3.81. The van der Waals surface area contributed by atoms with Gasteiger partial charge >= 0.3 is 0 Å². The predicted molar refractivity (Wildman–Crippen MR) is 261 cm³/mol. The van der Waals surface area contributed by atoms with E-state index in [1.807, 2.05) is 30.9 Å². The van der Waals surface area contributed by atoms with Gasteiger partial charge in [-0.3, -0.25) is 39.1 Å². The van der Waals surface area contributed by atoms with Gasteiger partial charge in [0, 0.05) is 93.5 Å². The number of methoxy groups -OCH3 is 1. The molecule has 2 saturated heterocycles. The van der Waals surface area contributed by atoms with Crippen LogP contribution in [-0.2, 0) is 52.9 Å². The quantitative estimate of drug-likeness (QED) is 0.112. The van der Waals surface area contributed by atoms with E-state index >= 15 is 0 Å². The minimum Gasteiger partial charge on any atom is -0.493 e. The second kappa shape index (κ2) is 23.3. The molecule has 8 rings (SSSR count). The standard InChI is InChI=1S/C52H69N7O10/c1-35(2)69-47-29-38-32-58(50(62)30-37(38)28-46(47)65-4)41-14-12-39(13-15-41)55(3)31-36-8-10-40(11-9-36)57-20-18-56(19-21-57)22-23-66-24-25-67-26-27-68-34-49(61)53-44-7-5-6-42-43(44)33-59(52(42)64)45-16-17-48(60)54-51(45)63/h5-7,12-15,28-29,35-36,40,45H,8-11,16-27,30-34H2,1-4H3,(H,53,61)(H,54,60,63)/t36-,40-,45?. The van der Waals surface area contributed by atoms with Crippen molar-refractivity contribution >= 4 is 46.6 Å². The van der Waals surface area contributed by atoms with Gasteiger partial charge in [0.05, 0.1) is 59.2 Å². The van der Waals surface area contributed by atoms with Crippen LogP contribution in [0.3, 0.4) is 0 Å². The van der Waals surface area contributed by atoms with Crippen molar-refractivity contribution in [2.75, 3.05) is 108 Å². The first-order chi connectivity index (χ1) is 33.4. The lowest BCUT2D eigenvalue weighted by Crippen LogP contribution is -2.52. The molecule has 372 valence electrons. The van der Waals surface area contributed by atoms with Crippen LogP contribution in [0.4, 0.5) is 17.1 Å². The van der Waals surface area contributed by atoms with Crippen LogP contribution in [0.5, 0.6) is 11.5 Å². The van der Waals surface area contributed by atoms with Gasteiger partial charge in [0.25, 0.3) is 5.91 Å². The fourth-order valence-electron chi connectivity index (χ4n) is 10.3. The normalized spacial score (nSPS) is 21.0. The van der Waals surface area contributed by atoms with E-state index < -0.39 is 11.9 Å². The zero-order valence-corrected chi connectivity index (χ0v) is 40.7. The largest absolute Gasteiger partial charge is 0.493 e. The molecule has 17 heteroatoms. The zero-order chi connectivity index (χ0) is 48.4. The predicted octanol–water partition coefficient (Wildman–Crippen LogP) is 4.63. The van der Waals surface area contributed by atoms with E-state index in [9.17, 15) is 24.0 Å². The Morgan fingerprint density at radius 3 is 2.25 bits per heavy atom. The molecule has 3 aromatic carbocycles. The van der Waals surface area contributed by atoms with Crippen LogP contribution < -0.4 is 29.9 Å². The molecule has 17 nitrogen and oxygen atoms in total. The summed E-state index contributed by atoms with van der Waals surface area (Å²) in [5.74, 6) is 0.633. The number of fused-ring (bicyclic) bond motifs is 2. The fourth-order valence-corrected chi connectivity index (χ4v) is 10.3. The Balaban J connectivity index is 0.649. The molecule has 5 amide bonds. The number of ether oxygens (including phenoxy) is 5. The molecule has 0 aromatic heterocycles. The number of piperazine rings is 1. The molecule has 1 unspecified atom stereocenters. The molecule has 4 aliphatic heterocycles. The highest BCUT2D eigenvalue weighted by molar-refractivity contribution is 6.07. The SMILES string of the molecule is COc1cc2c(cc1OC(C)C)CN(c1ccc(N(C)C[C@H]3CC[C@H](N4CCN(CCOCCOCCOCC(=O)Nc5cccc6c5CN(C5CCC(=O)NC5=O)C6=O)CC4)CC3)cc1)C(=O)C2. The van der Waals surface area contributed by atoms with Gasteiger partial charge in [0.2, 0.25) is 23.6 Å². The first kappa shape index (κ1) is 49.8. The highest BCUT2D eigenvalue weighted by Gasteiger charge is 2.40. The third kappa shape index (κ3) is 12.6. The molecule has 0 spiro atoms. The highest BCUT2D eigenvalue weighted by atomic mass is 16.5. The van der Waals surface area contributed by atoms with E-state index in [2.05, 4.69) is 56.6 Å². The van der Waals surface area contributed by atoms with Crippen molar-refractivity contribution in [3.8, 4) is 11.5 Å². The van der Waals surface area contributed by atoms with Crippen LogP contribution in [-0.4, -0.2) is 155 Å². The summed E-state index contributed by atoms with van der Waals surface area (Å²) in [6, 6.07) is 17.4. The second-order valence-corrected chi connectivity index (χ2v) is 19.1. The maximum Gasteiger partial charge on any atom is 0.255 e. The van der Waals surface area contributed by atoms with Gasteiger partial charge in [-0.1, -0.05) is 6.07 Å². The van der Waals surface area contributed by atoms with E-state index in [4.69, 9.17) is 23.7 Å². The lowest BCUT2D eigenvalue weighted by Gasteiger charge is -2.42. The Morgan fingerprint density at radius 2 is 1.54 bits per heavy atom. The fraction of sp³-hybridized carbons (Fsp3) is 0.558. The molecule has 0 radical (unpaired) electrons. The smallest absolute Gasteiger partial charge is 0.255 e. The Morgan fingerprint density at radius 1 is 0.826 bits per heavy atom. The molecule has 1 atom stereocenters. The van der Waals surface area contributed by atoms with Gasteiger partial charge in [-0.15, -0.1) is 0 Å². The Bertz CT molecular complexity index is 2290. The molecule has 1 saturated carbocycles. The van der Waals surface area contributed by atoms with Gasteiger partial charge in [-0.25, -0.2) is 0 Å². The molecule has 5 aliphatic rings. The number of hydrogen-bond acceptors (Lipinski definition) is 13. The number of anilines is 3. The lowest BCUT2D eigenvalue weighted by atomic mass is 9.84. The first-order valence-electron chi connectivity index (χ1n) is 24.7. The third-order valence-electron chi connectivity index (χ3n) is 14.1. The number of carbonyl (C=O) groups is 5. The second-order valence-electron chi connectivity index (χ2n) is 19.1. The molecule has 0 bridgehead atoms. The van der Waals surface area contributed by atoms with E-state index in [1.54, 1.807) is 25.3 Å². The van der Waals surface area contributed by atoms with Crippen LogP contribution in [0.1, 0.15) is 79.4 Å². The number of hydrogen-bond donors (Lipinski definition) is 2. The summed E-state index contributed by atoms with van der Waals surface area (Å²) < 4.78 is 28.6. The number of piperidine rings is 1. The monoisotopic (exact) mass is 952 g/mol. The Labute approximate surface area is 405 Å². The number of nitrogens with one attached hydrogen (secondary N) is 2. The van der Waals surface area contributed by atoms with Crippen molar-refractivity contribution in [2.24, 2.45) is 5.92 Å². The molecular weight excluding hydrogens is 883 g/mol. The van der Waals surface area contributed by atoms with E-state index in [0.717, 1.165) is 56.1 Å². The molecule has 3 fully saturated rings. The minimum atomic E-state index is -0.725. The van der Waals surface area contributed by atoms with Crippen molar-refractivity contribution in [3.63, 3.8) is 0 Å². The first-order valence-corrected chi connectivity index (χ1v) is 24.7. The summed E-state index contributed by atoms with van der Waals surface area (Å²) in [5.41, 5.74) is 5.71. The van der Waals surface area contributed by atoms with Gasteiger partial charge in [0.1, 0.15) is 12.6 Å². The number of nitrogens with zero attached hydrogens (tertiary/aromatic N) is 5. The average Bonchev–Trinajstić information content (AvgIpc) is 3.68. The Kier molecular flexibility index (Phi) is 16.9. The third-order valence-corrected chi connectivity index (χ3v) is 14.1. The lowest BCUT2D eigenvalue weighted by molar-refractivity contribution is -0.137. The highest BCUT2D eigenvalue weighted by Crippen LogP contribution is 2.37. The number of benzene rings is 3. The van der Waals surface area contributed by atoms with Crippen molar-refractivity contribution in [2.45, 2.75) is 90.1 Å². The number of imide groups is 1.